The molecule has 5 nitrogen and oxygen atoms in total. The van der Waals surface area contributed by atoms with Crippen molar-refractivity contribution in [1.82, 2.24) is 0 Å². The number of fused-ring (bicyclic) bond motifs is 1. The Hall–Kier alpha value is -1.95. The SMILES string of the molecule is NC1CCCC(C(=O)Nc2cc3c(cc2F)CCC(=O)N3)C1. The van der Waals surface area contributed by atoms with E-state index >= 15 is 0 Å². The molecule has 1 aliphatic carbocycles. The predicted octanol–water partition coefficient (Wildman–Crippen LogP) is 2.17. The van der Waals surface area contributed by atoms with Crippen LogP contribution in [0.25, 0.3) is 0 Å². The average molecular weight is 305 g/mol. The second kappa shape index (κ2) is 6.04. The lowest BCUT2D eigenvalue weighted by molar-refractivity contribution is -0.121. The third-order valence-electron chi connectivity index (χ3n) is 4.43. The van der Waals surface area contributed by atoms with Gasteiger partial charge in [0.1, 0.15) is 5.82 Å². The summed E-state index contributed by atoms with van der Waals surface area (Å²) in [5, 5.41) is 5.36. The van der Waals surface area contributed by atoms with Crippen LogP contribution >= 0.6 is 0 Å². The molecule has 1 heterocycles. The van der Waals surface area contributed by atoms with Crippen LogP contribution in [0.1, 0.15) is 37.7 Å². The minimum Gasteiger partial charge on any atom is -0.328 e. The van der Waals surface area contributed by atoms with Gasteiger partial charge in [0, 0.05) is 24.1 Å². The number of nitrogens with one attached hydrogen (secondary N) is 2. The maximum absolute atomic E-state index is 14.1. The number of rotatable bonds is 2. The van der Waals surface area contributed by atoms with Crippen molar-refractivity contribution >= 4 is 23.2 Å². The van der Waals surface area contributed by atoms with Crippen LogP contribution in [0.5, 0.6) is 0 Å². The van der Waals surface area contributed by atoms with Crippen LogP contribution in [-0.4, -0.2) is 17.9 Å². The highest BCUT2D eigenvalue weighted by molar-refractivity contribution is 5.97. The van der Waals surface area contributed by atoms with Gasteiger partial charge in [0.05, 0.1) is 5.69 Å². The first-order chi connectivity index (χ1) is 10.5. The number of aryl methyl sites for hydroxylation is 1. The highest BCUT2D eigenvalue weighted by atomic mass is 19.1. The van der Waals surface area contributed by atoms with Crippen molar-refractivity contribution in [3.05, 3.63) is 23.5 Å². The number of halogens is 1. The normalized spacial score (nSPS) is 24.4. The molecule has 118 valence electrons. The van der Waals surface area contributed by atoms with Crippen molar-refractivity contribution in [3.8, 4) is 0 Å². The third-order valence-corrected chi connectivity index (χ3v) is 4.43. The summed E-state index contributed by atoms with van der Waals surface area (Å²) in [5.74, 6) is -0.928. The molecule has 22 heavy (non-hydrogen) atoms. The highest BCUT2D eigenvalue weighted by Gasteiger charge is 2.26. The molecule has 2 atom stereocenters. The van der Waals surface area contributed by atoms with Crippen LogP contribution in [0.4, 0.5) is 15.8 Å². The van der Waals surface area contributed by atoms with E-state index in [1.54, 1.807) is 0 Å². The second-order valence-electron chi connectivity index (χ2n) is 6.15. The molecule has 3 rings (SSSR count). The van der Waals surface area contributed by atoms with Gasteiger partial charge in [0.15, 0.2) is 0 Å². The lowest BCUT2D eigenvalue weighted by Gasteiger charge is -2.26. The number of carbonyl (C=O) groups excluding carboxylic acids is 2. The molecule has 1 saturated carbocycles. The van der Waals surface area contributed by atoms with Gasteiger partial charge in [-0.2, -0.15) is 0 Å². The number of nitrogens with two attached hydrogens (primary N) is 1. The van der Waals surface area contributed by atoms with Crippen LogP contribution in [-0.2, 0) is 16.0 Å². The van der Waals surface area contributed by atoms with Crippen LogP contribution in [0.2, 0.25) is 0 Å². The molecule has 0 aromatic heterocycles. The molecule has 2 amide bonds. The van der Waals surface area contributed by atoms with Gasteiger partial charge < -0.3 is 16.4 Å². The molecule has 4 N–H and O–H groups in total. The summed E-state index contributed by atoms with van der Waals surface area (Å²) in [5.41, 5.74) is 7.34. The maximum atomic E-state index is 14.1. The Morgan fingerprint density at radius 3 is 2.91 bits per heavy atom. The van der Waals surface area contributed by atoms with Crippen molar-refractivity contribution in [2.24, 2.45) is 11.7 Å². The van der Waals surface area contributed by atoms with Gasteiger partial charge in [-0.05, 0) is 43.4 Å². The number of amides is 2. The topological polar surface area (TPSA) is 84.2 Å². The molecule has 0 bridgehead atoms. The zero-order chi connectivity index (χ0) is 15.7. The Labute approximate surface area is 128 Å². The number of hydrogen-bond acceptors (Lipinski definition) is 3. The lowest BCUT2D eigenvalue weighted by atomic mass is 9.85. The van der Waals surface area contributed by atoms with Gasteiger partial charge in [-0.3, -0.25) is 9.59 Å². The molecular weight excluding hydrogens is 285 g/mol. The van der Waals surface area contributed by atoms with Crippen molar-refractivity contribution < 1.29 is 14.0 Å². The van der Waals surface area contributed by atoms with Crippen molar-refractivity contribution in [2.45, 2.75) is 44.6 Å². The molecule has 1 aliphatic heterocycles. The molecule has 0 radical (unpaired) electrons. The van der Waals surface area contributed by atoms with E-state index in [2.05, 4.69) is 10.6 Å². The van der Waals surface area contributed by atoms with E-state index in [1.165, 1.54) is 12.1 Å². The van der Waals surface area contributed by atoms with E-state index < -0.39 is 5.82 Å². The largest absolute Gasteiger partial charge is 0.328 e. The van der Waals surface area contributed by atoms with Crippen LogP contribution in [0, 0.1) is 11.7 Å². The molecular formula is C16H20FN3O2. The minimum atomic E-state index is -0.469. The quantitative estimate of drug-likeness (QED) is 0.783. The Morgan fingerprint density at radius 2 is 2.14 bits per heavy atom. The third kappa shape index (κ3) is 3.11. The van der Waals surface area contributed by atoms with Crippen molar-refractivity contribution in [3.63, 3.8) is 0 Å². The van der Waals surface area contributed by atoms with Gasteiger partial charge in [-0.25, -0.2) is 4.39 Å². The maximum Gasteiger partial charge on any atom is 0.227 e. The minimum absolute atomic E-state index is 0.0390. The van der Waals surface area contributed by atoms with Gasteiger partial charge in [-0.1, -0.05) is 6.42 Å². The van der Waals surface area contributed by atoms with Gasteiger partial charge in [0.2, 0.25) is 11.8 Å². The molecule has 2 aliphatic rings. The van der Waals surface area contributed by atoms with Gasteiger partial charge >= 0.3 is 0 Å². The summed E-state index contributed by atoms with van der Waals surface area (Å²) < 4.78 is 14.1. The van der Waals surface area contributed by atoms with Crippen LogP contribution in [0.15, 0.2) is 12.1 Å². The molecule has 2 unspecified atom stereocenters. The standard InChI is InChI=1S/C16H20FN3O2/c17-12-7-9-4-5-15(21)19-13(9)8-14(12)20-16(22)10-2-1-3-11(18)6-10/h7-8,10-11H,1-6,18H2,(H,19,21)(H,20,22). The average Bonchev–Trinajstić information content (AvgIpc) is 2.48. The zero-order valence-corrected chi connectivity index (χ0v) is 12.3. The van der Waals surface area contributed by atoms with Crippen LogP contribution in [0.3, 0.4) is 0 Å². The van der Waals surface area contributed by atoms with E-state index in [0.29, 0.717) is 24.9 Å². The second-order valence-corrected chi connectivity index (χ2v) is 6.15. The highest BCUT2D eigenvalue weighted by Crippen LogP contribution is 2.30. The molecule has 1 aromatic carbocycles. The Morgan fingerprint density at radius 1 is 1.32 bits per heavy atom. The van der Waals surface area contributed by atoms with Crippen molar-refractivity contribution in [1.29, 1.82) is 0 Å². The number of carbonyl (C=O) groups is 2. The molecule has 1 aromatic rings. The molecule has 0 saturated heterocycles. The van der Waals surface area contributed by atoms with E-state index in [9.17, 15) is 14.0 Å². The fourth-order valence-electron chi connectivity index (χ4n) is 3.19. The monoisotopic (exact) mass is 305 g/mol. The van der Waals surface area contributed by atoms with Gasteiger partial charge in [-0.15, -0.1) is 0 Å². The van der Waals surface area contributed by atoms with Gasteiger partial charge in [0.25, 0.3) is 0 Å². The van der Waals surface area contributed by atoms with Crippen LogP contribution < -0.4 is 16.4 Å². The summed E-state index contributed by atoms with van der Waals surface area (Å²) in [6, 6.07) is 2.93. The number of benzene rings is 1. The fourth-order valence-corrected chi connectivity index (χ4v) is 3.19. The first kappa shape index (κ1) is 15.0. The summed E-state index contributed by atoms with van der Waals surface area (Å²) in [6.07, 6.45) is 4.14. The van der Waals surface area contributed by atoms with Crippen molar-refractivity contribution in [2.75, 3.05) is 10.6 Å². The zero-order valence-electron chi connectivity index (χ0n) is 12.3. The Bertz CT molecular complexity index is 618. The first-order valence-corrected chi connectivity index (χ1v) is 7.71. The number of anilines is 2. The summed E-state index contributed by atoms with van der Waals surface area (Å²) in [4.78, 5) is 23.7. The molecule has 1 fully saturated rings. The lowest BCUT2D eigenvalue weighted by Crippen LogP contribution is -2.34. The van der Waals surface area contributed by atoms with E-state index in [1.807, 2.05) is 0 Å². The molecule has 0 spiro atoms. The summed E-state index contributed by atoms with van der Waals surface area (Å²) in [6.45, 7) is 0. The summed E-state index contributed by atoms with van der Waals surface area (Å²) >= 11 is 0. The smallest absolute Gasteiger partial charge is 0.227 e. The Balaban J connectivity index is 1.76. The molecule has 6 heteroatoms. The Kier molecular flexibility index (Phi) is 4.11. The first-order valence-electron chi connectivity index (χ1n) is 7.71. The number of hydrogen-bond donors (Lipinski definition) is 3. The van der Waals surface area contributed by atoms with E-state index in [0.717, 1.165) is 24.8 Å². The fraction of sp³-hybridized carbons (Fsp3) is 0.500. The predicted molar refractivity (Wildman–Crippen MR) is 81.9 cm³/mol. The van der Waals surface area contributed by atoms with E-state index in [-0.39, 0.29) is 29.5 Å². The summed E-state index contributed by atoms with van der Waals surface area (Å²) in [7, 11) is 0. The van der Waals surface area contributed by atoms with E-state index in [4.69, 9.17) is 5.73 Å².